The van der Waals surface area contributed by atoms with Crippen LogP contribution in [0.5, 0.6) is 0 Å². The number of hydrogen-bond donors (Lipinski definition) is 2. The van der Waals surface area contributed by atoms with Gasteiger partial charge in [-0.3, -0.25) is 0 Å². The molecule has 4 heteroatoms. The predicted molar refractivity (Wildman–Crippen MR) is 61.3 cm³/mol. The van der Waals surface area contributed by atoms with Crippen LogP contribution in [0, 0.1) is 0 Å². The van der Waals surface area contributed by atoms with E-state index in [4.69, 9.17) is 0 Å². The normalized spacial score (nSPS) is 12.5. The van der Waals surface area contributed by atoms with Crippen LogP contribution in [-0.2, 0) is 0 Å². The van der Waals surface area contributed by atoms with Crippen molar-refractivity contribution in [1.82, 2.24) is 4.98 Å². The van der Waals surface area contributed by atoms with Crippen LogP contribution in [0.1, 0.15) is 19.8 Å². The summed E-state index contributed by atoms with van der Waals surface area (Å²) in [5, 5.41) is 12.5. The fraction of sp³-hybridized carbons (Fsp3) is 0.500. The fourth-order valence-corrected chi connectivity index (χ4v) is 1.37. The minimum atomic E-state index is -0.287. The number of hydrogen-bond acceptors (Lipinski definition) is 3. The van der Waals surface area contributed by atoms with Crippen molar-refractivity contribution in [3.05, 3.63) is 22.8 Å². The van der Waals surface area contributed by atoms with Gasteiger partial charge in [-0.25, -0.2) is 4.98 Å². The summed E-state index contributed by atoms with van der Waals surface area (Å²) in [4.78, 5) is 4.14. The van der Waals surface area contributed by atoms with E-state index in [0.29, 0.717) is 6.54 Å². The highest BCUT2D eigenvalue weighted by Gasteiger charge is 2.01. The Bertz CT molecular complexity index is 263. The lowest BCUT2D eigenvalue weighted by Gasteiger charge is -2.10. The molecule has 1 atom stereocenters. The second kappa shape index (κ2) is 5.98. The van der Waals surface area contributed by atoms with Crippen LogP contribution in [0.15, 0.2) is 22.8 Å². The average Bonchev–Trinajstić information content (AvgIpc) is 2.17. The zero-order valence-corrected chi connectivity index (χ0v) is 9.79. The molecule has 3 nitrogen and oxygen atoms in total. The van der Waals surface area contributed by atoms with Crippen molar-refractivity contribution >= 4 is 21.7 Å². The summed E-state index contributed by atoms with van der Waals surface area (Å²) >= 11 is 3.31. The van der Waals surface area contributed by atoms with Gasteiger partial charge in [-0.1, -0.05) is 13.3 Å². The number of pyridine rings is 1. The van der Waals surface area contributed by atoms with E-state index in [2.05, 4.69) is 33.2 Å². The molecule has 1 heterocycles. The third kappa shape index (κ3) is 4.07. The molecule has 1 aromatic heterocycles. The molecule has 0 aromatic carbocycles. The van der Waals surface area contributed by atoms with Crippen molar-refractivity contribution < 1.29 is 5.11 Å². The Morgan fingerprint density at radius 1 is 1.57 bits per heavy atom. The number of rotatable bonds is 5. The molecule has 1 aromatic rings. The summed E-state index contributed by atoms with van der Waals surface area (Å²) in [6, 6.07) is 3.80. The lowest BCUT2D eigenvalue weighted by atomic mass is 10.2. The van der Waals surface area contributed by atoms with E-state index in [1.807, 2.05) is 12.1 Å². The van der Waals surface area contributed by atoms with Crippen LogP contribution in [0.25, 0.3) is 0 Å². The molecule has 0 bridgehead atoms. The zero-order chi connectivity index (χ0) is 10.4. The first kappa shape index (κ1) is 11.5. The molecule has 0 aliphatic carbocycles. The molecular weight excluding hydrogens is 244 g/mol. The Morgan fingerprint density at radius 3 is 2.93 bits per heavy atom. The summed E-state index contributed by atoms with van der Waals surface area (Å²) in [6.45, 7) is 2.61. The van der Waals surface area contributed by atoms with Crippen molar-refractivity contribution in [1.29, 1.82) is 0 Å². The van der Waals surface area contributed by atoms with E-state index in [1.54, 1.807) is 6.20 Å². The Balaban J connectivity index is 2.34. The van der Waals surface area contributed by atoms with E-state index in [-0.39, 0.29) is 6.10 Å². The molecule has 0 amide bonds. The summed E-state index contributed by atoms with van der Waals surface area (Å²) in [6.07, 6.45) is 3.26. The van der Waals surface area contributed by atoms with Crippen molar-refractivity contribution in [3.8, 4) is 0 Å². The molecule has 0 spiro atoms. The Hall–Kier alpha value is -0.610. The third-order valence-corrected chi connectivity index (χ3v) is 2.34. The highest BCUT2D eigenvalue weighted by Crippen LogP contribution is 2.10. The van der Waals surface area contributed by atoms with E-state index in [9.17, 15) is 5.11 Å². The Morgan fingerprint density at radius 2 is 2.36 bits per heavy atom. The van der Waals surface area contributed by atoms with Crippen molar-refractivity contribution in [2.45, 2.75) is 25.9 Å². The van der Waals surface area contributed by atoms with Crippen LogP contribution in [0.4, 0.5) is 5.82 Å². The van der Waals surface area contributed by atoms with Gasteiger partial charge in [-0.2, -0.15) is 0 Å². The molecule has 78 valence electrons. The maximum atomic E-state index is 9.47. The monoisotopic (exact) mass is 258 g/mol. The first-order valence-electron chi connectivity index (χ1n) is 4.76. The third-order valence-electron chi connectivity index (χ3n) is 1.87. The standard InChI is InChI=1S/C10H15BrN2O/c1-2-3-9(14)7-13-10-5-4-8(11)6-12-10/h4-6,9,14H,2-3,7H2,1H3,(H,12,13). The van der Waals surface area contributed by atoms with Gasteiger partial charge in [-0.15, -0.1) is 0 Å². The minimum absolute atomic E-state index is 0.287. The molecule has 1 rings (SSSR count). The second-order valence-electron chi connectivity index (χ2n) is 3.19. The number of aliphatic hydroxyl groups excluding tert-OH is 1. The van der Waals surface area contributed by atoms with Gasteiger partial charge in [0.25, 0.3) is 0 Å². The van der Waals surface area contributed by atoms with Crippen LogP contribution >= 0.6 is 15.9 Å². The zero-order valence-electron chi connectivity index (χ0n) is 8.20. The molecular formula is C10H15BrN2O. The second-order valence-corrected chi connectivity index (χ2v) is 4.10. The SMILES string of the molecule is CCCC(O)CNc1ccc(Br)cn1. The van der Waals surface area contributed by atoms with Crippen LogP contribution in [-0.4, -0.2) is 22.7 Å². The smallest absolute Gasteiger partial charge is 0.126 e. The molecule has 0 aliphatic rings. The fourth-order valence-electron chi connectivity index (χ4n) is 1.14. The Labute approximate surface area is 92.7 Å². The number of aromatic nitrogens is 1. The Kier molecular flexibility index (Phi) is 4.90. The van der Waals surface area contributed by atoms with Gasteiger partial charge in [-0.05, 0) is 34.5 Å². The van der Waals surface area contributed by atoms with E-state index in [0.717, 1.165) is 23.1 Å². The van der Waals surface area contributed by atoms with Crippen molar-refractivity contribution in [2.75, 3.05) is 11.9 Å². The maximum absolute atomic E-state index is 9.47. The number of nitrogens with one attached hydrogen (secondary N) is 1. The minimum Gasteiger partial charge on any atom is -0.391 e. The first-order chi connectivity index (χ1) is 6.72. The molecule has 0 saturated carbocycles. The molecule has 0 aliphatic heterocycles. The molecule has 0 radical (unpaired) electrons. The summed E-state index contributed by atoms with van der Waals surface area (Å²) in [5.74, 6) is 0.795. The molecule has 0 saturated heterocycles. The number of aliphatic hydroxyl groups is 1. The van der Waals surface area contributed by atoms with E-state index >= 15 is 0 Å². The summed E-state index contributed by atoms with van der Waals surface area (Å²) < 4.78 is 0.956. The van der Waals surface area contributed by atoms with Crippen molar-refractivity contribution in [3.63, 3.8) is 0 Å². The van der Waals surface area contributed by atoms with Crippen LogP contribution < -0.4 is 5.32 Å². The van der Waals surface area contributed by atoms with E-state index < -0.39 is 0 Å². The quantitative estimate of drug-likeness (QED) is 0.853. The van der Waals surface area contributed by atoms with Crippen molar-refractivity contribution in [2.24, 2.45) is 0 Å². The van der Waals surface area contributed by atoms with Gasteiger partial charge in [0, 0.05) is 17.2 Å². The lowest BCUT2D eigenvalue weighted by molar-refractivity contribution is 0.176. The predicted octanol–water partition coefficient (Wildman–Crippen LogP) is 2.42. The van der Waals surface area contributed by atoms with Crippen LogP contribution in [0.3, 0.4) is 0 Å². The highest BCUT2D eigenvalue weighted by atomic mass is 79.9. The van der Waals surface area contributed by atoms with Crippen LogP contribution in [0.2, 0.25) is 0 Å². The highest BCUT2D eigenvalue weighted by molar-refractivity contribution is 9.10. The summed E-state index contributed by atoms with van der Waals surface area (Å²) in [5.41, 5.74) is 0. The summed E-state index contributed by atoms with van der Waals surface area (Å²) in [7, 11) is 0. The molecule has 1 unspecified atom stereocenters. The number of nitrogens with zero attached hydrogens (tertiary/aromatic N) is 1. The van der Waals surface area contributed by atoms with Gasteiger partial charge in [0.1, 0.15) is 5.82 Å². The lowest BCUT2D eigenvalue weighted by Crippen LogP contribution is -2.19. The number of anilines is 1. The number of halogens is 1. The molecule has 0 fully saturated rings. The van der Waals surface area contributed by atoms with Gasteiger partial charge in [0.2, 0.25) is 0 Å². The molecule has 14 heavy (non-hydrogen) atoms. The maximum Gasteiger partial charge on any atom is 0.126 e. The topological polar surface area (TPSA) is 45.1 Å². The first-order valence-corrected chi connectivity index (χ1v) is 5.55. The van der Waals surface area contributed by atoms with Gasteiger partial charge < -0.3 is 10.4 Å². The largest absolute Gasteiger partial charge is 0.391 e. The van der Waals surface area contributed by atoms with Gasteiger partial charge in [0.05, 0.1) is 6.10 Å². The van der Waals surface area contributed by atoms with Gasteiger partial charge in [0.15, 0.2) is 0 Å². The average molecular weight is 259 g/mol. The van der Waals surface area contributed by atoms with E-state index in [1.165, 1.54) is 0 Å². The van der Waals surface area contributed by atoms with Gasteiger partial charge >= 0.3 is 0 Å². The molecule has 2 N–H and O–H groups in total.